The standard InChI is InChI=1S/C16H12N2O2S/c1-21-9-4-5-10-12(7-9)16(8-13(19)18-15(16)20)11-3-2-6-17-14(10)11/h2-7H,8H2,1H3,(H,18,19,20). The molecular weight excluding hydrogens is 284 g/mol. The van der Waals surface area contributed by atoms with Crippen LogP contribution >= 0.6 is 11.8 Å². The Bertz CT molecular complexity index is 803. The SMILES string of the molecule is CSc1ccc2c(c1)C1(CC(=O)NC1=O)c1cccnc1-2. The second-order valence-electron chi connectivity index (χ2n) is 5.27. The summed E-state index contributed by atoms with van der Waals surface area (Å²) >= 11 is 1.62. The Morgan fingerprint density at radius 1 is 1.24 bits per heavy atom. The highest BCUT2D eigenvalue weighted by atomic mass is 32.2. The monoisotopic (exact) mass is 296 g/mol. The Balaban J connectivity index is 2.08. The van der Waals surface area contributed by atoms with E-state index in [-0.39, 0.29) is 18.2 Å². The van der Waals surface area contributed by atoms with E-state index in [1.807, 2.05) is 36.6 Å². The largest absolute Gasteiger partial charge is 0.295 e. The molecule has 1 fully saturated rings. The smallest absolute Gasteiger partial charge is 0.242 e. The predicted octanol–water partition coefficient (Wildman–Crippen LogP) is 2.12. The van der Waals surface area contributed by atoms with Crippen LogP contribution in [0.5, 0.6) is 0 Å². The second kappa shape index (κ2) is 4.18. The molecular formula is C16H12N2O2S. The van der Waals surface area contributed by atoms with Crippen LogP contribution in [0.4, 0.5) is 0 Å². The molecule has 21 heavy (non-hydrogen) atoms. The maximum Gasteiger partial charge on any atom is 0.242 e. The lowest BCUT2D eigenvalue weighted by atomic mass is 9.77. The molecule has 0 saturated carbocycles. The van der Waals surface area contributed by atoms with Gasteiger partial charge in [0.15, 0.2) is 0 Å². The summed E-state index contributed by atoms with van der Waals surface area (Å²) in [6, 6.07) is 9.75. The van der Waals surface area contributed by atoms with Gasteiger partial charge in [0.2, 0.25) is 11.8 Å². The van der Waals surface area contributed by atoms with E-state index in [1.54, 1.807) is 18.0 Å². The third-order valence-corrected chi connectivity index (χ3v) is 5.00. The number of nitrogens with zero attached hydrogens (tertiary/aromatic N) is 1. The first-order valence-corrected chi connectivity index (χ1v) is 7.88. The predicted molar refractivity (Wildman–Crippen MR) is 80.0 cm³/mol. The lowest BCUT2D eigenvalue weighted by Gasteiger charge is -2.22. The highest BCUT2D eigenvalue weighted by Crippen LogP contribution is 2.52. The fraction of sp³-hybridized carbons (Fsp3) is 0.188. The second-order valence-corrected chi connectivity index (χ2v) is 6.15. The number of pyridine rings is 1. The Morgan fingerprint density at radius 3 is 2.81 bits per heavy atom. The topological polar surface area (TPSA) is 59.1 Å². The molecule has 1 N–H and O–H groups in total. The molecule has 2 aliphatic rings. The fourth-order valence-electron chi connectivity index (χ4n) is 3.35. The van der Waals surface area contributed by atoms with E-state index in [1.165, 1.54) is 0 Å². The number of carbonyl (C=O) groups excluding carboxylic acids is 2. The molecule has 1 saturated heterocycles. The van der Waals surface area contributed by atoms with E-state index in [0.717, 1.165) is 27.3 Å². The van der Waals surface area contributed by atoms with Crippen LogP contribution in [-0.4, -0.2) is 23.1 Å². The molecule has 1 unspecified atom stereocenters. The number of benzene rings is 1. The van der Waals surface area contributed by atoms with Gasteiger partial charge in [-0.15, -0.1) is 11.8 Å². The summed E-state index contributed by atoms with van der Waals surface area (Å²) in [5, 5.41) is 2.46. The quantitative estimate of drug-likeness (QED) is 0.647. The first-order chi connectivity index (χ1) is 10.2. The molecule has 1 aromatic carbocycles. The summed E-state index contributed by atoms with van der Waals surface area (Å²) in [4.78, 5) is 29.9. The first-order valence-electron chi connectivity index (χ1n) is 6.65. The van der Waals surface area contributed by atoms with Gasteiger partial charge in [-0.1, -0.05) is 12.1 Å². The minimum Gasteiger partial charge on any atom is -0.295 e. The summed E-state index contributed by atoms with van der Waals surface area (Å²) in [5.41, 5.74) is 2.59. The van der Waals surface area contributed by atoms with Gasteiger partial charge in [0, 0.05) is 23.1 Å². The Labute approximate surface area is 126 Å². The van der Waals surface area contributed by atoms with E-state index >= 15 is 0 Å². The number of hydrogen-bond acceptors (Lipinski definition) is 4. The third-order valence-electron chi connectivity index (χ3n) is 4.28. The Kier molecular flexibility index (Phi) is 2.50. The molecule has 104 valence electrons. The minimum atomic E-state index is -0.901. The number of aromatic nitrogens is 1. The zero-order valence-electron chi connectivity index (χ0n) is 11.3. The summed E-state index contributed by atoms with van der Waals surface area (Å²) in [6.45, 7) is 0. The first kappa shape index (κ1) is 12.6. The fourth-order valence-corrected chi connectivity index (χ4v) is 3.79. The van der Waals surface area contributed by atoms with Crippen LogP contribution in [0.3, 0.4) is 0 Å². The zero-order valence-corrected chi connectivity index (χ0v) is 12.2. The van der Waals surface area contributed by atoms with Crippen molar-refractivity contribution < 1.29 is 9.59 Å². The van der Waals surface area contributed by atoms with E-state index < -0.39 is 5.41 Å². The van der Waals surface area contributed by atoms with Gasteiger partial charge >= 0.3 is 0 Å². The highest BCUT2D eigenvalue weighted by molar-refractivity contribution is 7.98. The van der Waals surface area contributed by atoms with Gasteiger partial charge in [-0.3, -0.25) is 19.9 Å². The van der Waals surface area contributed by atoms with Crippen LogP contribution in [0.25, 0.3) is 11.3 Å². The van der Waals surface area contributed by atoms with Crippen molar-refractivity contribution in [3.05, 3.63) is 47.7 Å². The summed E-state index contributed by atoms with van der Waals surface area (Å²) in [6.07, 6.45) is 3.88. The van der Waals surface area contributed by atoms with Crippen LogP contribution in [0, 0.1) is 0 Å². The molecule has 1 atom stereocenters. The summed E-state index contributed by atoms with van der Waals surface area (Å²) in [5.74, 6) is -0.462. The van der Waals surface area contributed by atoms with Crippen molar-refractivity contribution in [2.45, 2.75) is 16.7 Å². The van der Waals surface area contributed by atoms with Crippen molar-refractivity contribution in [2.24, 2.45) is 0 Å². The normalized spacial score (nSPS) is 22.3. The molecule has 2 heterocycles. The number of imide groups is 1. The maximum absolute atomic E-state index is 12.6. The summed E-state index contributed by atoms with van der Waals surface area (Å²) < 4.78 is 0. The molecule has 1 spiro atoms. The van der Waals surface area contributed by atoms with E-state index in [0.29, 0.717) is 0 Å². The number of thioether (sulfide) groups is 1. The van der Waals surface area contributed by atoms with Gasteiger partial charge in [0.25, 0.3) is 0 Å². The number of rotatable bonds is 1. The maximum atomic E-state index is 12.6. The molecule has 2 aromatic rings. The Morgan fingerprint density at radius 2 is 2.10 bits per heavy atom. The van der Waals surface area contributed by atoms with Gasteiger partial charge < -0.3 is 0 Å². The number of amides is 2. The third kappa shape index (κ3) is 1.49. The van der Waals surface area contributed by atoms with E-state index in [9.17, 15) is 9.59 Å². The van der Waals surface area contributed by atoms with Crippen LogP contribution in [0.2, 0.25) is 0 Å². The average Bonchev–Trinajstić information content (AvgIpc) is 2.96. The van der Waals surface area contributed by atoms with Crippen molar-refractivity contribution >= 4 is 23.6 Å². The van der Waals surface area contributed by atoms with Gasteiger partial charge in [-0.05, 0) is 35.6 Å². The van der Waals surface area contributed by atoms with Crippen molar-refractivity contribution in [1.29, 1.82) is 0 Å². The van der Waals surface area contributed by atoms with Gasteiger partial charge in [0.1, 0.15) is 5.41 Å². The van der Waals surface area contributed by atoms with E-state index in [4.69, 9.17) is 0 Å². The molecule has 2 amide bonds. The van der Waals surface area contributed by atoms with Crippen molar-refractivity contribution in [3.8, 4) is 11.3 Å². The van der Waals surface area contributed by atoms with Crippen molar-refractivity contribution in [3.63, 3.8) is 0 Å². The molecule has 0 bridgehead atoms. The molecule has 5 heteroatoms. The molecule has 4 rings (SSSR count). The Hall–Kier alpha value is -2.14. The molecule has 1 aliphatic heterocycles. The molecule has 1 aromatic heterocycles. The van der Waals surface area contributed by atoms with Crippen LogP contribution < -0.4 is 5.32 Å². The molecule has 1 aliphatic carbocycles. The minimum absolute atomic E-state index is 0.162. The highest BCUT2D eigenvalue weighted by Gasteiger charge is 2.55. The van der Waals surface area contributed by atoms with E-state index in [2.05, 4.69) is 10.3 Å². The molecule has 4 nitrogen and oxygen atoms in total. The lowest BCUT2D eigenvalue weighted by Crippen LogP contribution is -2.35. The number of hydrogen-bond donors (Lipinski definition) is 1. The van der Waals surface area contributed by atoms with Gasteiger partial charge in [-0.2, -0.15) is 0 Å². The number of carbonyl (C=O) groups is 2. The zero-order chi connectivity index (χ0) is 14.6. The molecule has 0 radical (unpaired) electrons. The van der Waals surface area contributed by atoms with Gasteiger partial charge in [-0.25, -0.2) is 0 Å². The van der Waals surface area contributed by atoms with Crippen LogP contribution in [0.1, 0.15) is 17.5 Å². The number of nitrogens with one attached hydrogen (secondary N) is 1. The van der Waals surface area contributed by atoms with Gasteiger partial charge in [0.05, 0.1) is 5.69 Å². The lowest BCUT2D eigenvalue weighted by molar-refractivity contribution is -0.125. The summed E-state index contributed by atoms with van der Waals surface area (Å²) in [7, 11) is 0. The van der Waals surface area contributed by atoms with Crippen molar-refractivity contribution in [1.82, 2.24) is 10.3 Å². The van der Waals surface area contributed by atoms with Crippen molar-refractivity contribution in [2.75, 3.05) is 6.26 Å². The average molecular weight is 296 g/mol. The number of fused-ring (bicyclic) bond motifs is 5. The van der Waals surface area contributed by atoms with Crippen LogP contribution in [-0.2, 0) is 15.0 Å². The van der Waals surface area contributed by atoms with Crippen LogP contribution in [0.15, 0.2) is 41.4 Å².